The molecule has 34 heavy (non-hydrogen) atoms. The molecule has 4 rings (SSSR count). The van der Waals surface area contributed by atoms with Crippen LogP contribution in [0.5, 0.6) is 17.4 Å². The molecule has 3 aromatic rings. The summed E-state index contributed by atoms with van der Waals surface area (Å²) < 4.78 is 19.3. The van der Waals surface area contributed by atoms with E-state index in [-0.39, 0.29) is 12.1 Å². The van der Waals surface area contributed by atoms with Crippen LogP contribution in [0, 0.1) is 6.92 Å². The van der Waals surface area contributed by atoms with E-state index in [9.17, 15) is 4.79 Å². The molecule has 1 aliphatic rings. The Labute approximate surface area is 200 Å². The first kappa shape index (κ1) is 23.6. The van der Waals surface area contributed by atoms with E-state index in [1.165, 1.54) is 0 Å². The number of nitrogens with zero attached hydrogens (tertiary/aromatic N) is 3. The molecule has 1 aliphatic heterocycles. The van der Waals surface area contributed by atoms with Crippen molar-refractivity contribution in [3.8, 4) is 23.1 Å². The van der Waals surface area contributed by atoms with Gasteiger partial charge >= 0.3 is 6.03 Å². The van der Waals surface area contributed by atoms with Gasteiger partial charge in [0.25, 0.3) is 0 Å². The Morgan fingerprint density at radius 1 is 1.18 bits per heavy atom. The number of benzene rings is 2. The largest absolute Gasteiger partial charge is 0.497 e. The van der Waals surface area contributed by atoms with Crippen LogP contribution in [0.2, 0.25) is 0 Å². The second-order valence-electron chi connectivity index (χ2n) is 8.25. The van der Waals surface area contributed by atoms with Crippen molar-refractivity contribution in [2.24, 2.45) is 0 Å². The van der Waals surface area contributed by atoms with Crippen LogP contribution < -0.4 is 14.8 Å². The van der Waals surface area contributed by atoms with Crippen LogP contribution in [0.3, 0.4) is 0 Å². The van der Waals surface area contributed by atoms with E-state index >= 15 is 0 Å². The predicted molar refractivity (Wildman–Crippen MR) is 130 cm³/mol. The monoisotopic (exact) mass is 464 g/mol. The highest BCUT2D eigenvalue weighted by atomic mass is 16.5. The number of urea groups is 1. The summed E-state index contributed by atoms with van der Waals surface area (Å²) in [6.07, 6.45) is 2.01. The number of para-hydroxylation sites is 1. The van der Waals surface area contributed by atoms with Crippen molar-refractivity contribution in [3.63, 3.8) is 0 Å². The molecule has 1 fully saturated rings. The molecular weight excluding hydrogens is 432 g/mol. The summed E-state index contributed by atoms with van der Waals surface area (Å²) >= 11 is 0. The molecule has 2 amide bonds. The van der Waals surface area contributed by atoms with Crippen LogP contribution in [0.1, 0.15) is 31.0 Å². The van der Waals surface area contributed by atoms with Crippen molar-refractivity contribution in [3.05, 3.63) is 65.9 Å². The van der Waals surface area contributed by atoms with E-state index in [4.69, 9.17) is 19.3 Å². The molecule has 1 saturated heterocycles. The minimum Gasteiger partial charge on any atom is -0.497 e. The highest BCUT2D eigenvalue weighted by Gasteiger charge is 2.27. The summed E-state index contributed by atoms with van der Waals surface area (Å²) in [5.74, 6) is 1.98. The first-order valence-corrected chi connectivity index (χ1v) is 11.7. The summed E-state index contributed by atoms with van der Waals surface area (Å²) in [6, 6.07) is 17.1. The van der Waals surface area contributed by atoms with Gasteiger partial charge in [-0.3, -0.25) is 0 Å². The summed E-state index contributed by atoms with van der Waals surface area (Å²) in [4.78, 5) is 14.7. The molecule has 0 radical (unpaired) electrons. The lowest BCUT2D eigenvalue weighted by Crippen LogP contribution is -2.43. The summed E-state index contributed by atoms with van der Waals surface area (Å²) in [6.45, 7) is 6.03. The van der Waals surface area contributed by atoms with Crippen molar-refractivity contribution in [2.45, 2.75) is 39.3 Å². The summed E-state index contributed by atoms with van der Waals surface area (Å²) in [7, 11) is 1.63. The van der Waals surface area contributed by atoms with Gasteiger partial charge < -0.3 is 24.4 Å². The van der Waals surface area contributed by atoms with Gasteiger partial charge in [0.2, 0.25) is 5.88 Å². The van der Waals surface area contributed by atoms with E-state index in [0.29, 0.717) is 31.3 Å². The fourth-order valence-electron chi connectivity index (χ4n) is 4.03. The van der Waals surface area contributed by atoms with E-state index in [2.05, 4.69) is 5.32 Å². The zero-order valence-electron chi connectivity index (χ0n) is 20.0. The lowest BCUT2D eigenvalue weighted by molar-refractivity contribution is 0.0793. The number of hydrogen-bond acceptors (Lipinski definition) is 5. The number of nitrogens with one attached hydrogen (secondary N) is 1. The molecule has 8 nitrogen and oxygen atoms in total. The average molecular weight is 465 g/mol. The number of aryl methyl sites for hydroxylation is 1. The number of amides is 2. The van der Waals surface area contributed by atoms with Gasteiger partial charge in [0.1, 0.15) is 11.5 Å². The van der Waals surface area contributed by atoms with E-state index in [0.717, 1.165) is 42.1 Å². The van der Waals surface area contributed by atoms with Gasteiger partial charge in [-0.15, -0.1) is 0 Å². The smallest absolute Gasteiger partial charge is 0.317 e. The topological polar surface area (TPSA) is 77.9 Å². The first-order chi connectivity index (χ1) is 16.6. The Bertz CT molecular complexity index is 1080. The number of carbonyl (C=O) groups is 1. The number of ether oxygens (including phenoxy) is 3. The van der Waals surface area contributed by atoms with Gasteiger partial charge in [-0.05, 0) is 63.1 Å². The van der Waals surface area contributed by atoms with E-state index in [1.54, 1.807) is 16.7 Å². The van der Waals surface area contributed by atoms with Crippen LogP contribution in [0.15, 0.2) is 54.6 Å². The SMILES string of the molecule is CCNC(=O)N(Cc1c(C)nn(-c2ccccc2)c1Oc1ccc(OC)cc1)CC1CCCO1. The predicted octanol–water partition coefficient (Wildman–Crippen LogP) is 4.69. The van der Waals surface area contributed by atoms with Crippen LogP contribution in [0.4, 0.5) is 4.79 Å². The molecule has 1 aromatic heterocycles. The fraction of sp³-hybridized carbons (Fsp3) is 0.385. The molecule has 2 heterocycles. The molecule has 0 bridgehead atoms. The van der Waals surface area contributed by atoms with Gasteiger partial charge in [0, 0.05) is 19.7 Å². The van der Waals surface area contributed by atoms with Crippen LogP contribution in [-0.2, 0) is 11.3 Å². The molecule has 8 heteroatoms. The molecule has 1 unspecified atom stereocenters. The molecule has 2 aromatic carbocycles. The van der Waals surface area contributed by atoms with Gasteiger partial charge in [-0.2, -0.15) is 5.10 Å². The standard InChI is InChI=1S/C26H32N4O4/c1-4-27-26(31)29(17-23-11-8-16-33-23)18-24-19(2)28-30(20-9-6-5-7-10-20)25(24)34-22-14-12-21(32-3)13-15-22/h5-7,9-10,12-15,23H,4,8,11,16-18H2,1-3H3,(H,27,31). The minimum absolute atomic E-state index is 0.0398. The lowest BCUT2D eigenvalue weighted by atomic mass is 10.2. The van der Waals surface area contributed by atoms with Gasteiger partial charge in [0.05, 0.1) is 36.7 Å². The van der Waals surface area contributed by atoms with Gasteiger partial charge in [-0.1, -0.05) is 18.2 Å². The number of hydrogen-bond donors (Lipinski definition) is 1. The third-order valence-electron chi connectivity index (χ3n) is 5.82. The number of carbonyl (C=O) groups excluding carboxylic acids is 1. The fourth-order valence-corrected chi connectivity index (χ4v) is 4.03. The maximum atomic E-state index is 12.9. The van der Waals surface area contributed by atoms with Crippen LogP contribution >= 0.6 is 0 Å². The summed E-state index contributed by atoms with van der Waals surface area (Å²) in [5, 5.41) is 7.71. The number of aromatic nitrogens is 2. The number of methoxy groups -OCH3 is 1. The lowest BCUT2D eigenvalue weighted by Gasteiger charge is -2.26. The highest BCUT2D eigenvalue weighted by molar-refractivity contribution is 5.74. The quantitative estimate of drug-likeness (QED) is 0.497. The summed E-state index contributed by atoms with van der Waals surface area (Å²) in [5.41, 5.74) is 2.53. The molecule has 0 aliphatic carbocycles. The normalized spacial score (nSPS) is 15.2. The van der Waals surface area contributed by atoms with Crippen molar-refractivity contribution in [1.29, 1.82) is 0 Å². The zero-order chi connectivity index (χ0) is 23.9. The van der Waals surface area contributed by atoms with Crippen molar-refractivity contribution >= 4 is 6.03 Å². The van der Waals surface area contributed by atoms with Crippen LogP contribution in [0.25, 0.3) is 5.69 Å². The first-order valence-electron chi connectivity index (χ1n) is 11.7. The Hall–Kier alpha value is -3.52. The van der Waals surface area contributed by atoms with Crippen molar-refractivity contribution < 1.29 is 19.0 Å². The Morgan fingerprint density at radius 2 is 1.91 bits per heavy atom. The Balaban J connectivity index is 1.70. The molecular formula is C26H32N4O4. The molecule has 180 valence electrons. The Kier molecular flexibility index (Phi) is 7.69. The highest BCUT2D eigenvalue weighted by Crippen LogP contribution is 2.32. The third-order valence-corrected chi connectivity index (χ3v) is 5.82. The zero-order valence-corrected chi connectivity index (χ0v) is 20.0. The maximum Gasteiger partial charge on any atom is 0.317 e. The minimum atomic E-state index is -0.125. The molecule has 0 spiro atoms. The van der Waals surface area contributed by atoms with E-state index in [1.807, 2.05) is 68.4 Å². The van der Waals surface area contributed by atoms with Crippen molar-refractivity contribution in [2.75, 3.05) is 26.8 Å². The molecule has 0 saturated carbocycles. The molecule has 1 atom stereocenters. The second-order valence-corrected chi connectivity index (χ2v) is 8.25. The van der Waals surface area contributed by atoms with E-state index < -0.39 is 0 Å². The van der Waals surface area contributed by atoms with Gasteiger partial charge in [-0.25, -0.2) is 9.48 Å². The maximum absolute atomic E-state index is 12.9. The third kappa shape index (κ3) is 5.51. The van der Waals surface area contributed by atoms with Crippen molar-refractivity contribution in [1.82, 2.24) is 20.0 Å². The average Bonchev–Trinajstić information content (AvgIpc) is 3.48. The second kappa shape index (κ2) is 11.1. The van der Waals surface area contributed by atoms with Crippen LogP contribution in [-0.4, -0.2) is 53.6 Å². The number of rotatable bonds is 9. The van der Waals surface area contributed by atoms with Gasteiger partial charge in [0.15, 0.2) is 0 Å². The Morgan fingerprint density at radius 3 is 2.56 bits per heavy atom. The molecule has 1 N–H and O–H groups in total.